The molecule has 0 aliphatic rings. The van der Waals surface area contributed by atoms with E-state index in [9.17, 15) is 0 Å². The van der Waals surface area contributed by atoms with Gasteiger partial charge in [0.2, 0.25) is 0 Å². The molecule has 0 aromatic heterocycles. The molecule has 0 bridgehead atoms. The summed E-state index contributed by atoms with van der Waals surface area (Å²) in [6.07, 6.45) is 0. The van der Waals surface area contributed by atoms with Crippen LogP contribution in [0.3, 0.4) is 0 Å². The van der Waals surface area contributed by atoms with Crippen LogP contribution in [0, 0.1) is 13.8 Å². The summed E-state index contributed by atoms with van der Waals surface area (Å²) in [6.45, 7) is 4.17. The van der Waals surface area contributed by atoms with Crippen LogP contribution in [-0.2, 0) is 0 Å². The summed E-state index contributed by atoms with van der Waals surface area (Å²) in [6, 6.07) is 12.2. The largest absolute Gasteiger partial charge is 0.496 e. The Kier molecular flexibility index (Phi) is 4.81. The molecule has 4 heteroatoms. The van der Waals surface area contributed by atoms with Crippen LogP contribution in [0.1, 0.15) is 28.3 Å². The van der Waals surface area contributed by atoms with Crippen molar-refractivity contribution < 1.29 is 4.74 Å². The van der Waals surface area contributed by atoms with Crippen LogP contribution in [0.4, 0.5) is 0 Å². The first-order valence-electron chi connectivity index (χ1n) is 6.43. The van der Waals surface area contributed by atoms with Gasteiger partial charge in [-0.15, -0.1) is 0 Å². The fourth-order valence-electron chi connectivity index (χ4n) is 2.34. The number of nitrogens with one attached hydrogen (secondary N) is 1. The first-order chi connectivity index (χ1) is 9.56. The maximum atomic E-state index is 5.80. The van der Waals surface area contributed by atoms with Gasteiger partial charge in [-0.05, 0) is 37.1 Å². The Morgan fingerprint density at radius 3 is 2.50 bits per heavy atom. The molecule has 3 N–H and O–H groups in total. The van der Waals surface area contributed by atoms with Gasteiger partial charge in [-0.2, -0.15) is 0 Å². The summed E-state index contributed by atoms with van der Waals surface area (Å²) in [5, 5.41) is 0. The van der Waals surface area contributed by atoms with E-state index >= 15 is 0 Å². The van der Waals surface area contributed by atoms with Gasteiger partial charge in [0, 0.05) is 10.0 Å². The minimum Gasteiger partial charge on any atom is -0.496 e. The molecule has 2 aromatic carbocycles. The Labute approximate surface area is 128 Å². The Balaban J connectivity index is 2.55. The van der Waals surface area contributed by atoms with Crippen LogP contribution in [-0.4, -0.2) is 7.11 Å². The van der Waals surface area contributed by atoms with Crippen molar-refractivity contribution >= 4 is 15.9 Å². The fourth-order valence-corrected chi connectivity index (χ4v) is 2.68. The molecular weight excluding hydrogens is 316 g/mol. The quantitative estimate of drug-likeness (QED) is 0.663. The van der Waals surface area contributed by atoms with Gasteiger partial charge in [0.25, 0.3) is 0 Å². The van der Waals surface area contributed by atoms with Gasteiger partial charge in [-0.3, -0.25) is 5.84 Å². The van der Waals surface area contributed by atoms with Crippen molar-refractivity contribution in [3.63, 3.8) is 0 Å². The van der Waals surface area contributed by atoms with Crippen molar-refractivity contribution in [2.45, 2.75) is 19.9 Å². The summed E-state index contributed by atoms with van der Waals surface area (Å²) < 4.78 is 6.46. The van der Waals surface area contributed by atoms with E-state index in [2.05, 4.69) is 53.4 Å². The molecule has 0 fully saturated rings. The molecule has 0 spiro atoms. The summed E-state index contributed by atoms with van der Waals surface area (Å²) in [4.78, 5) is 0. The molecule has 0 heterocycles. The second kappa shape index (κ2) is 6.39. The molecule has 3 nitrogen and oxygen atoms in total. The average molecular weight is 335 g/mol. The zero-order valence-electron chi connectivity index (χ0n) is 11.9. The number of hydrogen-bond acceptors (Lipinski definition) is 3. The molecule has 1 atom stereocenters. The van der Waals surface area contributed by atoms with Crippen molar-refractivity contribution in [1.82, 2.24) is 5.43 Å². The summed E-state index contributed by atoms with van der Waals surface area (Å²) in [5.41, 5.74) is 7.49. The number of ether oxygens (including phenoxy) is 1. The predicted octanol–water partition coefficient (Wildman–Crippen LogP) is 3.63. The van der Waals surface area contributed by atoms with E-state index in [4.69, 9.17) is 10.6 Å². The zero-order valence-corrected chi connectivity index (χ0v) is 13.5. The summed E-state index contributed by atoms with van der Waals surface area (Å²) in [5.74, 6) is 6.61. The van der Waals surface area contributed by atoms with E-state index in [1.165, 1.54) is 11.1 Å². The van der Waals surface area contributed by atoms with Crippen molar-refractivity contribution in [3.8, 4) is 5.75 Å². The van der Waals surface area contributed by atoms with Crippen LogP contribution in [0.15, 0.2) is 40.9 Å². The minimum absolute atomic E-state index is 0.0991. The molecule has 0 amide bonds. The first kappa shape index (κ1) is 15.0. The lowest BCUT2D eigenvalue weighted by molar-refractivity contribution is 0.404. The maximum Gasteiger partial charge on any atom is 0.125 e. The Morgan fingerprint density at radius 1 is 1.10 bits per heavy atom. The number of nitrogens with two attached hydrogens (primary N) is 1. The van der Waals surface area contributed by atoms with Crippen LogP contribution < -0.4 is 16.0 Å². The van der Waals surface area contributed by atoms with Crippen LogP contribution in [0.25, 0.3) is 0 Å². The molecule has 0 radical (unpaired) electrons. The molecule has 20 heavy (non-hydrogen) atoms. The van der Waals surface area contributed by atoms with Crippen LogP contribution >= 0.6 is 15.9 Å². The molecule has 0 aliphatic heterocycles. The first-order valence-corrected chi connectivity index (χ1v) is 7.23. The van der Waals surface area contributed by atoms with Gasteiger partial charge in [0.05, 0.1) is 13.2 Å². The predicted molar refractivity (Wildman–Crippen MR) is 85.8 cm³/mol. The van der Waals surface area contributed by atoms with E-state index in [-0.39, 0.29) is 6.04 Å². The molecule has 0 aliphatic carbocycles. The Morgan fingerprint density at radius 2 is 1.85 bits per heavy atom. The van der Waals surface area contributed by atoms with Gasteiger partial charge in [0.15, 0.2) is 0 Å². The third-order valence-corrected chi connectivity index (χ3v) is 3.91. The summed E-state index contributed by atoms with van der Waals surface area (Å²) in [7, 11) is 1.67. The number of hydrogen-bond donors (Lipinski definition) is 2. The standard InChI is InChI=1S/C16H19BrN2O/c1-10-4-5-11(2)14(8-10)16(19-18)13-7-6-12(17)9-15(13)20-3/h4-9,16,19H,18H2,1-3H3. The number of rotatable bonds is 4. The highest BCUT2D eigenvalue weighted by Gasteiger charge is 2.19. The topological polar surface area (TPSA) is 47.3 Å². The van der Waals surface area contributed by atoms with Crippen molar-refractivity contribution in [2.24, 2.45) is 5.84 Å². The third kappa shape index (κ3) is 3.03. The zero-order chi connectivity index (χ0) is 14.7. The number of halogens is 1. The molecular formula is C16H19BrN2O. The van der Waals surface area contributed by atoms with E-state index in [0.717, 1.165) is 21.3 Å². The lowest BCUT2D eigenvalue weighted by Gasteiger charge is -2.22. The highest BCUT2D eigenvalue weighted by atomic mass is 79.9. The van der Waals surface area contributed by atoms with E-state index < -0.39 is 0 Å². The van der Waals surface area contributed by atoms with Crippen LogP contribution in [0.2, 0.25) is 0 Å². The van der Waals surface area contributed by atoms with Gasteiger partial charge in [-0.25, -0.2) is 5.43 Å². The lowest BCUT2D eigenvalue weighted by Crippen LogP contribution is -2.29. The lowest BCUT2D eigenvalue weighted by atomic mass is 9.93. The van der Waals surface area contributed by atoms with E-state index in [1.54, 1.807) is 7.11 Å². The smallest absolute Gasteiger partial charge is 0.125 e. The minimum atomic E-state index is -0.0991. The SMILES string of the molecule is COc1cc(Br)ccc1C(NN)c1cc(C)ccc1C. The molecule has 106 valence electrons. The third-order valence-electron chi connectivity index (χ3n) is 3.42. The van der Waals surface area contributed by atoms with Gasteiger partial charge in [-0.1, -0.05) is 45.8 Å². The number of methoxy groups -OCH3 is 1. The molecule has 2 rings (SSSR count). The maximum absolute atomic E-state index is 5.80. The van der Waals surface area contributed by atoms with Gasteiger partial charge >= 0.3 is 0 Å². The van der Waals surface area contributed by atoms with Crippen molar-refractivity contribution in [3.05, 3.63) is 63.1 Å². The Hall–Kier alpha value is -1.36. The molecule has 0 saturated heterocycles. The number of benzene rings is 2. The normalized spacial score (nSPS) is 12.2. The number of hydrazine groups is 1. The molecule has 2 aromatic rings. The average Bonchev–Trinajstić information content (AvgIpc) is 2.44. The van der Waals surface area contributed by atoms with E-state index in [0.29, 0.717) is 0 Å². The second-order valence-corrected chi connectivity index (χ2v) is 5.76. The fraction of sp³-hybridized carbons (Fsp3) is 0.250. The highest BCUT2D eigenvalue weighted by Crippen LogP contribution is 2.33. The Bertz CT molecular complexity index is 613. The van der Waals surface area contributed by atoms with Crippen molar-refractivity contribution in [1.29, 1.82) is 0 Å². The van der Waals surface area contributed by atoms with Crippen molar-refractivity contribution in [2.75, 3.05) is 7.11 Å². The van der Waals surface area contributed by atoms with Gasteiger partial charge in [0.1, 0.15) is 5.75 Å². The molecule has 1 unspecified atom stereocenters. The molecule has 0 saturated carbocycles. The van der Waals surface area contributed by atoms with Gasteiger partial charge < -0.3 is 4.74 Å². The second-order valence-electron chi connectivity index (χ2n) is 4.85. The monoisotopic (exact) mass is 334 g/mol. The van der Waals surface area contributed by atoms with Crippen LogP contribution in [0.5, 0.6) is 5.75 Å². The highest BCUT2D eigenvalue weighted by molar-refractivity contribution is 9.10. The summed E-state index contributed by atoms with van der Waals surface area (Å²) >= 11 is 3.46. The number of aryl methyl sites for hydroxylation is 2. The van der Waals surface area contributed by atoms with E-state index in [1.807, 2.05) is 18.2 Å².